The number of nitrogens with zero attached hydrogens (tertiary/aromatic N) is 4. The summed E-state index contributed by atoms with van der Waals surface area (Å²) >= 11 is 0. The molecule has 0 radical (unpaired) electrons. The Labute approximate surface area is 124 Å². The van der Waals surface area contributed by atoms with Gasteiger partial charge in [0.2, 0.25) is 0 Å². The largest absolute Gasteiger partial charge is 0.319 e. The van der Waals surface area contributed by atoms with Gasteiger partial charge in [-0.15, -0.1) is 10.2 Å². The number of fused-ring (bicyclic) bond motifs is 1. The van der Waals surface area contributed by atoms with Crippen LogP contribution in [0.3, 0.4) is 0 Å². The number of nitrogens with one attached hydrogen (secondary N) is 1. The average Bonchev–Trinajstić information content (AvgIpc) is 2.93. The first-order valence-corrected chi connectivity index (χ1v) is 7.07. The molecular formula is C16H19N5. The lowest BCUT2D eigenvalue weighted by molar-refractivity contribution is 0.529. The minimum Gasteiger partial charge on any atom is -0.319 e. The zero-order chi connectivity index (χ0) is 14.8. The fourth-order valence-corrected chi connectivity index (χ4v) is 2.57. The molecule has 2 aromatic heterocycles. The minimum absolute atomic E-state index is 0.144. The summed E-state index contributed by atoms with van der Waals surface area (Å²) in [5.41, 5.74) is 3.52. The molecule has 5 nitrogen and oxygen atoms in total. The second-order valence-corrected chi connectivity index (χ2v) is 5.34. The lowest BCUT2D eigenvalue weighted by atomic mass is 10.0. The summed E-state index contributed by atoms with van der Waals surface area (Å²) in [4.78, 5) is 4.48. The number of benzene rings is 1. The topological polar surface area (TPSA) is 55.6 Å². The van der Waals surface area contributed by atoms with Gasteiger partial charge in [-0.25, -0.2) is 0 Å². The van der Waals surface area contributed by atoms with Gasteiger partial charge in [-0.05, 0) is 31.0 Å². The first-order chi connectivity index (χ1) is 10.2. The normalized spacial score (nSPS) is 12.7. The number of aromatic nitrogens is 4. The molecule has 5 heteroatoms. The van der Waals surface area contributed by atoms with Crippen LogP contribution in [0.5, 0.6) is 0 Å². The van der Waals surface area contributed by atoms with Gasteiger partial charge in [0.25, 0.3) is 0 Å². The fourth-order valence-electron chi connectivity index (χ4n) is 2.57. The van der Waals surface area contributed by atoms with Crippen LogP contribution in [0.1, 0.15) is 29.9 Å². The smallest absolute Gasteiger partial charge is 0.149 e. The van der Waals surface area contributed by atoms with Gasteiger partial charge in [-0.1, -0.05) is 18.2 Å². The Hall–Kier alpha value is -2.27. The molecule has 0 saturated heterocycles. The van der Waals surface area contributed by atoms with Gasteiger partial charge in [-0.3, -0.25) is 4.98 Å². The predicted molar refractivity (Wildman–Crippen MR) is 82.7 cm³/mol. The highest BCUT2D eigenvalue weighted by molar-refractivity contribution is 5.84. The third kappa shape index (κ3) is 2.64. The molecule has 1 unspecified atom stereocenters. The molecular weight excluding hydrogens is 262 g/mol. The van der Waals surface area contributed by atoms with Crippen molar-refractivity contribution in [1.29, 1.82) is 0 Å². The van der Waals surface area contributed by atoms with Crippen LogP contribution in [0.15, 0.2) is 36.8 Å². The zero-order valence-corrected chi connectivity index (χ0v) is 12.5. The van der Waals surface area contributed by atoms with Gasteiger partial charge in [-0.2, -0.15) is 0 Å². The molecule has 1 atom stereocenters. The van der Waals surface area contributed by atoms with Crippen LogP contribution in [-0.2, 0) is 13.6 Å². The van der Waals surface area contributed by atoms with Gasteiger partial charge >= 0.3 is 0 Å². The molecule has 1 aromatic carbocycles. The van der Waals surface area contributed by atoms with Gasteiger partial charge < -0.3 is 9.88 Å². The lowest BCUT2D eigenvalue weighted by Crippen LogP contribution is -2.21. The third-order valence-corrected chi connectivity index (χ3v) is 3.79. The molecule has 0 fully saturated rings. The van der Waals surface area contributed by atoms with Crippen LogP contribution in [0.4, 0.5) is 0 Å². The zero-order valence-electron chi connectivity index (χ0n) is 12.5. The predicted octanol–water partition coefficient (Wildman–Crippen LogP) is 2.52. The molecule has 0 aliphatic heterocycles. The van der Waals surface area contributed by atoms with Crippen molar-refractivity contribution >= 4 is 10.9 Å². The maximum Gasteiger partial charge on any atom is 0.149 e. The van der Waals surface area contributed by atoms with Crippen LogP contribution < -0.4 is 5.32 Å². The van der Waals surface area contributed by atoms with Crippen molar-refractivity contribution in [3.63, 3.8) is 0 Å². The van der Waals surface area contributed by atoms with E-state index >= 15 is 0 Å². The van der Waals surface area contributed by atoms with Crippen LogP contribution >= 0.6 is 0 Å². The van der Waals surface area contributed by atoms with E-state index in [9.17, 15) is 0 Å². The molecule has 0 saturated carbocycles. The van der Waals surface area contributed by atoms with Gasteiger partial charge in [0.15, 0.2) is 0 Å². The summed E-state index contributed by atoms with van der Waals surface area (Å²) in [5.74, 6) is 0.935. The number of hydrogen-bond donors (Lipinski definition) is 1. The number of pyridine rings is 1. The van der Waals surface area contributed by atoms with Crippen molar-refractivity contribution in [3.8, 4) is 0 Å². The highest BCUT2D eigenvalue weighted by atomic mass is 15.3. The number of rotatable bonds is 4. The lowest BCUT2D eigenvalue weighted by Gasteiger charge is -2.14. The van der Waals surface area contributed by atoms with Crippen LogP contribution in [0, 0.1) is 6.92 Å². The SMILES string of the molecule is Cc1ccc(CNC(C)c2nncn2C)c2cccnc12. The highest BCUT2D eigenvalue weighted by Crippen LogP contribution is 2.21. The standard InChI is InChI=1S/C16H19N5/c1-11-6-7-13(14-5-4-8-17-15(11)14)9-18-12(2)16-20-19-10-21(16)3/h4-8,10,12,18H,9H2,1-3H3. The Morgan fingerprint density at radius 3 is 2.90 bits per heavy atom. The Morgan fingerprint density at radius 2 is 2.14 bits per heavy atom. The summed E-state index contributed by atoms with van der Waals surface area (Å²) in [6.45, 7) is 4.96. The van der Waals surface area contributed by atoms with Gasteiger partial charge in [0.1, 0.15) is 12.2 Å². The summed E-state index contributed by atoms with van der Waals surface area (Å²) in [6, 6.07) is 8.54. The summed E-state index contributed by atoms with van der Waals surface area (Å²) in [5, 5.41) is 12.8. The first kappa shape index (κ1) is 13.7. The number of hydrogen-bond acceptors (Lipinski definition) is 4. The average molecular weight is 281 g/mol. The van der Waals surface area contributed by atoms with Crippen molar-refractivity contribution in [3.05, 3.63) is 53.7 Å². The monoisotopic (exact) mass is 281 g/mol. The van der Waals surface area contributed by atoms with Crippen molar-refractivity contribution in [1.82, 2.24) is 25.1 Å². The second-order valence-electron chi connectivity index (χ2n) is 5.34. The van der Waals surface area contributed by atoms with E-state index in [1.165, 1.54) is 16.5 Å². The molecule has 21 heavy (non-hydrogen) atoms. The highest BCUT2D eigenvalue weighted by Gasteiger charge is 2.11. The summed E-state index contributed by atoms with van der Waals surface area (Å²) in [7, 11) is 1.96. The molecule has 3 rings (SSSR count). The first-order valence-electron chi connectivity index (χ1n) is 7.07. The molecule has 3 aromatic rings. The van der Waals surface area contributed by atoms with E-state index in [1.807, 2.05) is 23.9 Å². The minimum atomic E-state index is 0.144. The molecule has 0 amide bonds. The Bertz CT molecular complexity index is 762. The van der Waals surface area contributed by atoms with Crippen molar-refractivity contribution in [2.24, 2.45) is 7.05 Å². The van der Waals surface area contributed by atoms with Crippen molar-refractivity contribution < 1.29 is 0 Å². The molecule has 0 bridgehead atoms. The molecule has 0 aliphatic rings. The Balaban J connectivity index is 1.83. The van der Waals surface area contributed by atoms with E-state index in [1.54, 1.807) is 6.33 Å². The summed E-state index contributed by atoms with van der Waals surface area (Å²) < 4.78 is 1.94. The van der Waals surface area contributed by atoms with Crippen LogP contribution in [0.2, 0.25) is 0 Å². The van der Waals surface area contributed by atoms with Crippen molar-refractivity contribution in [2.45, 2.75) is 26.4 Å². The van der Waals surface area contributed by atoms with Crippen LogP contribution in [-0.4, -0.2) is 19.7 Å². The van der Waals surface area contributed by atoms with E-state index < -0.39 is 0 Å². The Kier molecular flexibility index (Phi) is 3.66. The van der Waals surface area contributed by atoms with E-state index in [2.05, 4.69) is 52.5 Å². The van der Waals surface area contributed by atoms with E-state index in [4.69, 9.17) is 0 Å². The van der Waals surface area contributed by atoms with Crippen LogP contribution in [0.25, 0.3) is 10.9 Å². The van der Waals surface area contributed by atoms with E-state index in [0.717, 1.165) is 17.9 Å². The molecule has 0 spiro atoms. The molecule has 108 valence electrons. The van der Waals surface area contributed by atoms with Gasteiger partial charge in [0.05, 0.1) is 11.6 Å². The Morgan fingerprint density at radius 1 is 1.29 bits per heavy atom. The van der Waals surface area contributed by atoms with Gasteiger partial charge in [0, 0.05) is 25.2 Å². The maximum atomic E-state index is 4.48. The van der Waals surface area contributed by atoms with E-state index in [0.29, 0.717) is 0 Å². The quantitative estimate of drug-likeness (QED) is 0.798. The van der Waals surface area contributed by atoms with E-state index in [-0.39, 0.29) is 6.04 Å². The third-order valence-electron chi connectivity index (χ3n) is 3.79. The molecule has 2 heterocycles. The second kappa shape index (κ2) is 5.61. The maximum absolute atomic E-state index is 4.48. The fraction of sp³-hybridized carbons (Fsp3) is 0.312. The van der Waals surface area contributed by atoms with Crippen molar-refractivity contribution in [2.75, 3.05) is 0 Å². The summed E-state index contributed by atoms with van der Waals surface area (Å²) in [6.07, 6.45) is 3.56. The molecule has 1 N–H and O–H groups in total. The molecule has 0 aliphatic carbocycles. The number of aryl methyl sites for hydroxylation is 2.